The molecule has 0 spiro atoms. The number of rotatable bonds is 4. The first-order chi connectivity index (χ1) is 7.13. The normalized spacial score (nSPS) is 21.3. The van der Waals surface area contributed by atoms with Crippen LogP contribution >= 0.6 is 0 Å². The molecule has 1 saturated heterocycles. The Labute approximate surface area is 92.2 Å². The highest BCUT2D eigenvalue weighted by Crippen LogP contribution is 2.08. The fourth-order valence-corrected chi connectivity index (χ4v) is 1.90. The third-order valence-electron chi connectivity index (χ3n) is 3.00. The van der Waals surface area contributed by atoms with Crippen molar-refractivity contribution in [2.24, 2.45) is 5.73 Å². The molecular weight excluding hydrogens is 190 g/mol. The molecule has 1 heterocycles. The second-order valence-corrected chi connectivity index (χ2v) is 4.48. The third-order valence-corrected chi connectivity index (χ3v) is 3.00. The van der Waals surface area contributed by atoms with E-state index in [1.165, 1.54) is 0 Å². The Morgan fingerprint density at radius 3 is 2.67 bits per heavy atom. The number of hydrogen-bond acceptors (Lipinski definition) is 3. The maximum absolute atomic E-state index is 11.6. The van der Waals surface area contributed by atoms with E-state index in [1.54, 1.807) is 0 Å². The monoisotopic (exact) mass is 213 g/mol. The first kappa shape index (κ1) is 12.5. The number of likely N-dealkylation sites (tertiary alicyclic amines) is 1. The highest BCUT2D eigenvalue weighted by Gasteiger charge is 2.20. The highest BCUT2D eigenvalue weighted by molar-refractivity contribution is 5.81. The lowest BCUT2D eigenvalue weighted by Gasteiger charge is -2.30. The van der Waals surface area contributed by atoms with Gasteiger partial charge in [-0.15, -0.1) is 0 Å². The fourth-order valence-electron chi connectivity index (χ4n) is 1.90. The van der Waals surface area contributed by atoms with E-state index >= 15 is 0 Å². The van der Waals surface area contributed by atoms with Crippen molar-refractivity contribution in [3.8, 4) is 0 Å². The lowest BCUT2D eigenvalue weighted by Crippen LogP contribution is -2.49. The summed E-state index contributed by atoms with van der Waals surface area (Å²) in [6, 6.07) is 0.00580. The standard InChI is InChI=1S/C11H23N3O/c1-3-4-10(12)11(15)13-9-5-7-14(2)8-6-9/h9-10H,3-8,12H2,1-2H3,(H,13,15)/t10-/m1/s1. The number of carbonyl (C=O) groups excluding carboxylic acids is 1. The summed E-state index contributed by atoms with van der Waals surface area (Å²) in [7, 11) is 2.11. The van der Waals surface area contributed by atoms with Crippen LogP contribution < -0.4 is 11.1 Å². The molecule has 1 amide bonds. The van der Waals surface area contributed by atoms with Crippen molar-refractivity contribution in [1.29, 1.82) is 0 Å². The molecule has 88 valence electrons. The van der Waals surface area contributed by atoms with Gasteiger partial charge in [0.1, 0.15) is 0 Å². The summed E-state index contributed by atoms with van der Waals surface area (Å²) >= 11 is 0. The Morgan fingerprint density at radius 2 is 2.13 bits per heavy atom. The molecule has 1 atom stereocenters. The third kappa shape index (κ3) is 4.18. The van der Waals surface area contributed by atoms with Crippen LogP contribution in [-0.4, -0.2) is 43.0 Å². The maximum atomic E-state index is 11.6. The van der Waals surface area contributed by atoms with Gasteiger partial charge >= 0.3 is 0 Å². The summed E-state index contributed by atoms with van der Waals surface area (Å²) < 4.78 is 0. The highest BCUT2D eigenvalue weighted by atomic mass is 16.2. The van der Waals surface area contributed by atoms with Crippen molar-refractivity contribution >= 4 is 5.91 Å². The van der Waals surface area contributed by atoms with E-state index in [9.17, 15) is 4.79 Å². The topological polar surface area (TPSA) is 58.4 Å². The molecule has 0 bridgehead atoms. The molecule has 4 heteroatoms. The van der Waals surface area contributed by atoms with Crippen molar-refractivity contribution in [1.82, 2.24) is 10.2 Å². The molecule has 0 unspecified atom stereocenters. The molecule has 3 N–H and O–H groups in total. The van der Waals surface area contributed by atoms with Crippen LogP contribution in [0.1, 0.15) is 32.6 Å². The van der Waals surface area contributed by atoms with Crippen molar-refractivity contribution in [3.63, 3.8) is 0 Å². The van der Waals surface area contributed by atoms with Gasteiger partial charge in [-0.2, -0.15) is 0 Å². The Balaban J connectivity index is 2.25. The zero-order valence-electron chi connectivity index (χ0n) is 9.83. The summed E-state index contributed by atoms with van der Waals surface area (Å²) in [5.74, 6) is 0.0198. The largest absolute Gasteiger partial charge is 0.352 e. The van der Waals surface area contributed by atoms with Crippen LogP contribution in [0.2, 0.25) is 0 Å². The Hall–Kier alpha value is -0.610. The van der Waals surface area contributed by atoms with Gasteiger partial charge in [-0.1, -0.05) is 13.3 Å². The van der Waals surface area contributed by atoms with Gasteiger partial charge in [-0.3, -0.25) is 4.79 Å². The molecule has 1 aliphatic heterocycles. The van der Waals surface area contributed by atoms with Crippen LogP contribution in [0.5, 0.6) is 0 Å². The van der Waals surface area contributed by atoms with Crippen molar-refractivity contribution in [2.75, 3.05) is 20.1 Å². The molecule has 0 aromatic carbocycles. The first-order valence-electron chi connectivity index (χ1n) is 5.88. The minimum atomic E-state index is -0.324. The Morgan fingerprint density at radius 1 is 1.53 bits per heavy atom. The molecule has 0 saturated carbocycles. The van der Waals surface area contributed by atoms with E-state index in [2.05, 4.69) is 17.3 Å². The van der Waals surface area contributed by atoms with Crippen LogP contribution in [0.15, 0.2) is 0 Å². The zero-order valence-corrected chi connectivity index (χ0v) is 9.83. The van der Waals surface area contributed by atoms with Crippen molar-refractivity contribution in [3.05, 3.63) is 0 Å². The van der Waals surface area contributed by atoms with E-state index < -0.39 is 0 Å². The summed E-state index contributed by atoms with van der Waals surface area (Å²) in [6.07, 6.45) is 3.82. The molecule has 0 radical (unpaired) electrons. The van der Waals surface area contributed by atoms with Crippen molar-refractivity contribution in [2.45, 2.75) is 44.7 Å². The fraction of sp³-hybridized carbons (Fsp3) is 0.909. The van der Waals surface area contributed by atoms with E-state index in [4.69, 9.17) is 5.73 Å². The molecule has 4 nitrogen and oxygen atoms in total. The minimum Gasteiger partial charge on any atom is -0.352 e. The maximum Gasteiger partial charge on any atom is 0.237 e. The summed E-state index contributed by atoms with van der Waals surface area (Å²) in [4.78, 5) is 13.9. The smallest absolute Gasteiger partial charge is 0.237 e. The number of hydrogen-bond donors (Lipinski definition) is 2. The van der Waals surface area contributed by atoms with Crippen LogP contribution in [0.25, 0.3) is 0 Å². The van der Waals surface area contributed by atoms with Gasteiger partial charge in [0.15, 0.2) is 0 Å². The summed E-state index contributed by atoms with van der Waals surface area (Å²) in [5.41, 5.74) is 5.75. The molecule has 0 aliphatic carbocycles. The van der Waals surface area contributed by atoms with Crippen LogP contribution in [0.3, 0.4) is 0 Å². The van der Waals surface area contributed by atoms with Gasteiger partial charge in [-0.25, -0.2) is 0 Å². The predicted octanol–water partition coefficient (Wildman–Crippen LogP) is 0.324. The molecule has 0 aromatic rings. The number of amides is 1. The SMILES string of the molecule is CCC[C@@H](N)C(=O)NC1CCN(C)CC1. The molecule has 15 heavy (non-hydrogen) atoms. The molecular formula is C11H23N3O. The minimum absolute atomic E-state index is 0.0198. The average molecular weight is 213 g/mol. The van der Waals surface area contributed by atoms with Gasteiger partial charge < -0.3 is 16.0 Å². The number of nitrogens with zero attached hydrogens (tertiary/aromatic N) is 1. The lowest BCUT2D eigenvalue weighted by atomic mass is 10.0. The molecule has 1 rings (SSSR count). The van der Waals surface area contributed by atoms with E-state index in [-0.39, 0.29) is 11.9 Å². The molecule has 0 aromatic heterocycles. The van der Waals surface area contributed by atoms with E-state index in [0.717, 1.165) is 38.8 Å². The second kappa shape index (κ2) is 6.08. The van der Waals surface area contributed by atoms with Crippen LogP contribution in [0, 0.1) is 0 Å². The Kier molecular flexibility index (Phi) is 5.05. The summed E-state index contributed by atoms with van der Waals surface area (Å²) in [6.45, 7) is 4.17. The van der Waals surface area contributed by atoms with Crippen LogP contribution in [0.4, 0.5) is 0 Å². The van der Waals surface area contributed by atoms with Crippen LogP contribution in [-0.2, 0) is 4.79 Å². The number of piperidine rings is 1. The van der Waals surface area contributed by atoms with Gasteiger partial charge in [0.25, 0.3) is 0 Å². The van der Waals surface area contributed by atoms with Gasteiger partial charge in [0, 0.05) is 6.04 Å². The Bertz CT molecular complexity index is 200. The van der Waals surface area contributed by atoms with Gasteiger partial charge in [0.05, 0.1) is 6.04 Å². The predicted molar refractivity (Wildman–Crippen MR) is 61.5 cm³/mol. The second-order valence-electron chi connectivity index (χ2n) is 4.48. The average Bonchev–Trinajstić information content (AvgIpc) is 2.22. The zero-order chi connectivity index (χ0) is 11.3. The quantitative estimate of drug-likeness (QED) is 0.707. The number of nitrogens with one attached hydrogen (secondary N) is 1. The molecule has 1 aliphatic rings. The number of carbonyl (C=O) groups is 1. The van der Waals surface area contributed by atoms with Gasteiger partial charge in [0.2, 0.25) is 5.91 Å². The van der Waals surface area contributed by atoms with E-state index in [0.29, 0.717) is 6.04 Å². The molecule has 1 fully saturated rings. The first-order valence-corrected chi connectivity index (χ1v) is 5.88. The van der Waals surface area contributed by atoms with E-state index in [1.807, 2.05) is 6.92 Å². The van der Waals surface area contributed by atoms with Crippen molar-refractivity contribution < 1.29 is 4.79 Å². The number of nitrogens with two attached hydrogens (primary N) is 1. The lowest BCUT2D eigenvalue weighted by molar-refractivity contribution is -0.123. The summed E-state index contributed by atoms with van der Waals surface area (Å²) in [5, 5.41) is 3.03. The van der Waals surface area contributed by atoms with Gasteiger partial charge in [-0.05, 0) is 39.4 Å².